The second-order valence-electron chi connectivity index (χ2n) is 8.52. The number of anilines is 1. The van der Waals surface area contributed by atoms with E-state index in [1.54, 1.807) is 23.1 Å². The Labute approximate surface area is 195 Å². The lowest BCUT2D eigenvalue weighted by atomic mass is 9.95. The maximum Gasteiger partial charge on any atom is 0.257 e. The van der Waals surface area contributed by atoms with Crippen molar-refractivity contribution in [3.05, 3.63) is 59.1 Å². The molecule has 0 aromatic heterocycles. The molecule has 0 bridgehead atoms. The Morgan fingerprint density at radius 3 is 2.44 bits per heavy atom. The average molecular weight is 458 g/mol. The monoisotopic (exact) mass is 457 g/mol. The van der Waals surface area contributed by atoms with Crippen molar-refractivity contribution < 1.29 is 14.3 Å². The fourth-order valence-electron chi connectivity index (χ4n) is 3.92. The Morgan fingerprint density at radius 1 is 1.12 bits per heavy atom. The molecule has 2 aromatic carbocycles. The number of ether oxygens (including phenoxy) is 1. The normalized spacial score (nSPS) is 15.3. The molecule has 3 rings (SSSR count). The molecule has 0 aliphatic carbocycles. The summed E-state index contributed by atoms with van der Waals surface area (Å²) in [6.07, 6.45) is 1.28. The summed E-state index contributed by atoms with van der Waals surface area (Å²) in [4.78, 5) is 27.5. The van der Waals surface area contributed by atoms with Crippen LogP contribution < -0.4 is 15.4 Å². The van der Waals surface area contributed by atoms with E-state index < -0.39 is 0 Å². The first-order valence-electron chi connectivity index (χ1n) is 11.1. The van der Waals surface area contributed by atoms with Crippen LogP contribution in [0.25, 0.3) is 0 Å². The minimum absolute atomic E-state index is 0.0537. The molecule has 1 heterocycles. The van der Waals surface area contributed by atoms with Crippen LogP contribution in [-0.4, -0.2) is 49.5 Å². The summed E-state index contributed by atoms with van der Waals surface area (Å²) in [7, 11) is 1.54. The van der Waals surface area contributed by atoms with Crippen molar-refractivity contribution in [2.45, 2.75) is 32.7 Å². The van der Waals surface area contributed by atoms with E-state index in [2.05, 4.69) is 24.5 Å². The number of para-hydroxylation sites is 1. The summed E-state index contributed by atoms with van der Waals surface area (Å²) in [5.41, 5.74) is 1.50. The van der Waals surface area contributed by atoms with Gasteiger partial charge in [-0.25, -0.2) is 0 Å². The third kappa shape index (κ3) is 6.16. The zero-order valence-corrected chi connectivity index (χ0v) is 19.7. The van der Waals surface area contributed by atoms with E-state index in [4.69, 9.17) is 16.3 Å². The number of hydrogen-bond acceptors (Lipinski definition) is 4. The third-order valence-corrected chi connectivity index (χ3v) is 6.21. The van der Waals surface area contributed by atoms with Crippen LogP contribution in [0.4, 0.5) is 5.69 Å². The van der Waals surface area contributed by atoms with Crippen molar-refractivity contribution in [2.75, 3.05) is 32.1 Å². The Hall–Kier alpha value is -2.73. The number of nitrogens with one attached hydrogen (secondary N) is 2. The maximum atomic E-state index is 13.0. The molecule has 1 aliphatic rings. The van der Waals surface area contributed by atoms with Gasteiger partial charge in [0.25, 0.3) is 5.91 Å². The van der Waals surface area contributed by atoms with E-state index in [1.165, 1.54) is 7.11 Å². The van der Waals surface area contributed by atoms with Gasteiger partial charge in [0.15, 0.2) is 0 Å². The molecule has 1 atom stereocenters. The number of nitrogens with zero attached hydrogens (tertiary/aromatic N) is 1. The number of benzene rings is 2. The number of halogens is 1. The summed E-state index contributed by atoms with van der Waals surface area (Å²) < 4.78 is 5.31. The van der Waals surface area contributed by atoms with E-state index in [-0.39, 0.29) is 23.8 Å². The lowest BCUT2D eigenvalue weighted by molar-refractivity contribution is -0.126. The van der Waals surface area contributed by atoms with Crippen molar-refractivity contribution in [3.8, 4) is 5.75 Å². The lowest BCUT2D eigenvalue weighted by Crippen LogP contribution is -2.46. The van der Waals surface area contributed by atoms with Crippen molar-refractivity contribution in [1.82, 2.24) is 10.2 Å². The van der Waals surface area contributed by atoms with E-state index in [0.717, 1.165) is 5.69 Å². The number of likely N-dealkylation sites (tertiary alicyclic amines) is 1. The summed E-state index contributed by atoms with van der Waals surface area (Å²) >= 11 is 6.07. The highest BCUT2D eigenvalue weighted by Gasteiger charge is 2.29. The van der Waals surface area contributed by atoms with E-state index in [0.29, 0.717) is 54.7 Å². The quantitative estimate of drug-likeness (QED) is 0.614. The minimum atomic E-state index is -0.116. The van der Waals surface area contributed by atoms with Crippen LogP contribution in [0.3, 0.4) is 0 Å². The number of piperidine rings is 1. The standard InChI is InChI=1S/C25H32ClN3O3/c1-17(2)22(28-20-7-5-4-6-8-20)16-27-24(30)18-11-13-29(14-12-18)25(31)21-15-19(26)9-10-23(21)32-3/h4-10,15,17-18,22,28H,11-14,16H2,1-3H3,(H,27,30). The summed E-state index contributed by atoms with van der Waals surface area (Å²) in [6.45, 7) is 5.90. The molecule has 0 saturated carbocycles. The molecular weight excluding hydrogens is 426 g/mol. The maximum absolute atomic E-state index is 13.0. The molecule has 2 aromatic rings. The molecule has 0 spiro atoms. The molecule has 6 nitrogen and oxygen atoms in total. The van der Waals surface area contributed by atoms with Gasteiger partial charge in [-0.2, -0.15) is 0 Å². The smallest absolute Gasteiger partial charge is 0.257 e. The van der Waals surface area contributed by atoms with Crippen LogP contribution in [0.1, 0.15) is 37.0 Å². The molecular formula is C25H32ClN3O3. The highest BCUT2D eigenvalue weighted by atomic mass is 35.5. The van der Waals surface area contributed by atoms with Crippen LogP contribution in [0, 0.1) is 11.8 Å². The Kier molecular flexibility index (Phi) is 8.39. The minimum Gasteiger partial charge on any atom is -0.496 e. The van der Waals surface area contributed by atoms with Gasteiger partial charge in [-0.3, -0.25) is 9.59 Å². The van der Waals surface area contributed by atoms with Crippen molar-refractivity contribution in [3.63, 3.8) is 0 Å². The largest absolute Gasteiger partial charge is 0.496 e. The van der Waals surface area contributed by atoms with Crippen LogP contribution in [0.2, 0.25) is 5.02 Å². The molecule has 2 amide bonds. The zero-order valence-electron chi connectivity index (χ0n) is 18.9. The first kappa shape index (κ1) is 23.9. The SMILES string of the molecule is COc1ccc(Cl)cc1C(=O)N1CCC(C(=O)NCC(Nc2ccccc2)C(C)C)CC1. The molecule has 172 valence electrons. The van der Waals surface area contributed by atoms with Gasteiger partial charge in [-0.15, -0.1) is 0 Å². The van der Waals surface area contributed by atoms with Gasteiger partial charge in [0.2, 0.25) is 5.91 Å². The van der Waals surface area contributed by atoms with Gasteiger partial charge < -0.3 is 20.3 Å². The molecule has 7 heteroatoms. The zero-order chi connectivity index (χ0) is 23.1. The van der Waals surface area contributed by atoms with Crippen LogP contribution in [0.15, 0.2) is 48.5 Å². The van der Waals surface area contributed by atoms with E-state index >= 15 is 0 Å². The number of amides is 2. The molecule has 1 fully saturated rings. The molecule has 1 aliphatic heterocycles. The van der Waals surface area contributed by atoms with E-state index in [9.17, 15) is 9.59 Å². The number of carbonyl (C=O) groups excluding carboxylic acids is 2. The lowest BCUT2D eigenvalue weighted by Gasteiger charge is -2.32. The molecule has 1 saturated heterocycles. The molecule has 32 heavy (non-hydrogen) atoms. The topological polar surface area (TPSA) is 70.7 Å². The summed E-state index contributed by atoms with van der Waals surface area (Å²) in [6, 6.07) is 15.2. The van der Waals surface area contributed by atoms with Gasteiger partial charge >= 0.3 is 0 Å². The van der Waals surface area contributed by atoms with Gasteiger partial charge in [-0.05, 0) is 49.1 Å². The van der Waals surface area contributed by atoms with Gasteiger partial charge in [-0.1, -0.05) is 43.6 Å². The number of rotatable bonds is 8. The average Bonchev–Trinajstić information content (AvgIpc) is 2.81. The van der Waals surface area contributed by atoms with Gasteiger partial charge in [0, 0.05) is 42.3 Å². The molecule has 2 N–H and O–H groups in total. The van der Waals surface area contributed by atoms with Crippen molar-refractivity contribution in [1.29, 1.82) is 0 Å². The predicted molar refractivity (Wildman–Crippen MR) is 128 cm³/mol. The van der Waals surface area contributed by atoms with Crippen LogP contribution in [0.5, 0.6) is 5.75 Å². The predicted octanol–water partition coefficient (Wildman–Crippen LogP) is 4.45. The summed E-state index contributed by atoms with van der Waals surface area (Å²) in [5.74, 6) is 0.713. The second kappa shape index (κ2) is 11.2. The second-order valence-corrected chi connectivity index (χ2v) is 8.95. The molecule has 1 unspecified atom stereocenters. The van der Waals surface area contributed by atoms with E-state index in [1.807, 2.05) is 30.3 Å². The molecule has 0 radical (unpaired) electrons. The van der Waals surface area contributed by atoms with Crippen molar-refractivity contribution >= 4 is 29.1 Å². The Bertz CT molecular complexity index is 912. The number of hydrogen-bond donors (Lipinski definition) is 2. The number of carbonyl (C=O) groups is 2. The van der Waals surface area contributed by atoms with Crippen LogP contribution >= 0.6 is 11.6 Å². The highest BCUT2D eigenvalue weighted by molar-refractivity contribution is 6.31. The Balaban J connectivity index is 1.51. The number of methoxy groups -OCH3 is 1. The Morgan fingerprint density at radius 2 is 1.81 bits per heavy atom. The highest BCUT2D eigenvalue weighted by Crippen LogP contribution is 2.26. The third-order valence-electron chi connectivity index (χ3n) is 5.97. The van der Waals surface area contributed by atoms with Gasteiger partial charge in [0.1, 0.15) is 5.75 Å². The fraction of sp³-hybridized carbons (Fsp3) is 0.440. The van der Waals surface area contributed by atoms with Crippen LogP contribution in [-0.2, 0) is 4.79 Å². The first-order valence-corrected chi connectivity index (χ1v) is 11.5. The summed E-state index contributed by atoms with van der Waals surface area (Å²) in [5, 5.41) is 7.11. The fourth-order valence-corrected chi connectivity index (χ4v) is 4.09. The van der Waals surface area contributed by atoms with Crippen molar-refractivity contribution in [2.24, 2.45) is 11.8 Å². The van der Waals surface area contributed by atoms with Gasteiger partial charge in [0.05, 0.1) is 12.7 Å². The first-order chi connectivity index (χ1) is 15.4.